The van der Waals surface area contributed by atoms with Crippen molar-refractivity contribution in [3.05, 3.63) is 60.0 Å². The van der Waals surface area contributed by atoms with Gasteiger partial charge in [-0.2, -0.15) is 4.98 Å². The lowest BCUT2D eigenvalue weighted by molar-refractivity contribution is -0.127. The fourth-order valence-electron chi connectivity index (χ4n) is 4.91. The van der Waals surface area contributed by atoms with Crippen LogP contribution in [0.5, 0.6) is 5.75 Å². The molecule has 3 heterocycles. The second kappa shape index (κ2) is 10.9. The van der Waals surface area contributed by atoms with Crippen molar-refractivity contribution in [2.75, 3.05) is 38.2 Å². The number of likely N-dealkylation sites (tertiary alicyclic amines) is 1. The van der Waals surface area contributed by atoms with Gasteiger partial charge in [0.15, 0.2) is 0 Å². The normalized spacial score (nSPS) is 18.5. The van der Waals surface area contributed by atoms with E-state index in [1.807, 2.05) is 24.3 Å². The van der Waals surface area contributed by atoms with Crippen LogP contribution in [-0.4, -0.2) is 54.2 Å². The molecule has 1 aromatic heterocycles. The Morgan fingerprint density at radius 3 is 2.57 bits per heavy atom. The minimum Gasteiger partial charge on any atom is -0.497 e. The predicted molar refractivity (Wildman–Crippen MR) is 134 cm³/mol. The molecule has 1 unspecified atom stereocenters. The highest BCUT2D eigenvalue weighted by molar-refractivity contribution is 5.79. The molecule has 2 aromatic carbocycles. The minimum atomic E-state index is -0.0309. The van der Waals surface area contributed by atoms with Crippen LogP contribution in [0.4, 0.5) is 5.69 Å². The molecule has 5 rings (SSSR count). The molecule has 184 valence electrons. The van der Waals surface area contributed by atoms with E-state index >= 15 is 0 Å². The third-order valence-electron chi connectivity index (χ3n) is 6.93. The monoisotopic (exact) mass is 475 g/mol. The van der Waals surface area contributed by atoms with Gasteiger partial charge >= 0.3 is 0 Å². The summed E-state index contributed by atoms with van der Waals surface area (Å²) >= 11 is 0. The second-order valence-corrected chi connectivity index (χ2v) is 9.39. The molecule has 2 fully saturated rings. The van der Waals surface area contributed by atoms with Gasteiger partial charge in [0.05, 0.1) is 19.6 Å². The van der Waals surface area contributed by atoms with Crippen molar-refractivity contribution >= 4 is 11.6 Å². The zero-order chi connectivity index (χ0) is 24.0. The SMILES string of the molecule is COc1ccc(-c2noc(CN3CCCC(C(=O)NCc4ccc(N5CCCC5)cc4)C3)n2)cc1. The lowest BCUT2D eigenvalue weighted by atomic mass is 9.97. The number of aromatic nitrogens is 2. The summed E-state index contributed by atoms with van der Waals surface area (Å²) in [5.74, 6) is 1.99. The van der Waals surface area contributed by atoms with Gasteiger partial charge in [-0.25, -0.2) is 0 Å². The van der Waals surface area contributed by atoms with Crippen molar-refractivity contribution in [1.29, 1.82) is 0 Å². The van der Waals surface area contributed by atoms with Crippen LogP contribution in [0.15, 0.2) is 53.1 Å². The fraction of sp³-hybridized carbons (Fsp3) is 0.444. The van der Waals surface area contributed by atoms with Crippen LogP contribution in [0.3, 0.4) is 0 Å². The molecule has 8 nitrogen and oxygen atoms in total. The molecule has 2 aliphatic rings. The van der Waals surface area contributed by atoms with Crippen LogP contribution >= 0.6 is 0 Å². The fourth-order valence-corrected chi connectivity index (χ4v) is 4.91. The van der Waals surface area contributed by atoms with Crippen molar-refractivity contribution < 1.29 is 14.1 Å². The number of nitrogens with zero attached hydrogens (tertiary/aromatic N) is 4. The molecule has 2 saturated heterocycles. The van der Waals surface area contributed by atoms with Crippen LogP contribution < -0.4 is 15.0 Å². The molecule has 0 spiro atoms. The van der Waals surface area contributed by atoms with Crippen molar-refractivity contribution in [3.8, 4) is 17.1 Å². The molecule has 3 aromatic rings. The Labute approximate surface area is 206 Å². The molecule has 0 aliphatic carbocycles. The van der Waals surface area contributed by atoms with Gasteiger partial charge in [-0.15, -0.1) is 0 Å². The first kappa shape index (κ1) is 23.4. The highest BCUT2D eigenvalue weighted by Gasteiger charge is 2.27. The average Bonchev–Trinajstić information content (AvgIpc) is 3.61. The van der Waals surface area contributed by atoms with Crippen molar-refractivity contribution in [1.82, 2.24) is 20.4 Å². The molecule has 1 atom stereocenters. The molecule has 0 bridgehead atoms. The smallest absolute Gasteiger partial charge is 0.241 e. The first-order chi connectivity index (χ1) is 17.2. The largest absolute Gasteiger partial charge is 0.497 e. The highest BCUT2D eigenvalue weighted by atomic mass is 16.5. The van der Waals surface area contributed by atoms with Gasteiger partial charge < -0.3 is 19.5 Å². The van der Waals surface area contributed by atoms with Gasteiger partial charge in [0.1, 0.15) is 5.75 Å². The number of benzene rings is 2. The van der Waals surface area contributed by atoms with E-state index in [1.54, 1.807) is 7.11 Å². The number of piperidine rings is 1. The van der Waals surface area contributed by atoms with Crippen LogP contribution in [0.25, 0.3) is 11.4 Å². The first-order valence-electron chi connectivity index (χ1n) is 12.5. The number of hydrogen-bond acceptors (Lipinski definition) is 7. The summed E-state index contributed by atoms with van der Waals surface area (Å²) in [6.45, 7) is 5.00. The van der Waals surface area contributed by atoms with Crippen LogP contribution in [0, 0.1) is 5.92 Å². The molecule has 0 saturated carbocycles. The molecule has 35 heavy (non-hydrogen) atoms. The number of anilines is 1. The van der Waals surface area contributed by atoms with Gasteiger partial charge in [0.2, 0.25) is 17.6 Å². The van der Waals surface area contributed by atoms with Crippen molar-refractivity contribution in [2.45, 2.75) is 38.8 Å². The summed E-state index contributed by atoms with van der Waals surface area (Å²) in [6, 6.07) is 16.2. The Morgan fingerprint density at radius 2 is 1.83 bits per heavy atom. The molecular weight excluding hydrogens is 442 g/mol. The Kier molecular flexibility index (Phi) is 7.28. The van der Waals surface area contributed by atoms with Crippen LogP contribution in [0.1, 0.15) is 37.1 Å². The maximum Gasteiger partial charge on any atom is 0.241 e. The Morgan fingerprint density at radius 1 is 1.06 bits per heavy atom. The number of carbonyl (C=O) groups is 1. The Bertz CT molecular complexity index is 1110. The van der Waals surface area contributed by atoms with E-state index in [-0.39, 0.29) is 11.8 Å². The zero-order valence-corrected chi connectivity index (χ0v) is 20.3. The van der Waals surface area contributed by atoms with E-state index < -0.39 is 0 Å². The van der Waals surface area contributed by atoms with Crippen LogP contribution in [-0.2, 0) is 17.9 Å². The number of nitrogens with one attached hydrogen (secondary N) is 1. The summed E-state index contributed by atoms with van der Waals surface area (Å²) in [5.41, 5.74) is 3.28. The Balaban J connectivity index is 1.11. The van der Waals surface area contributed by atoms with E-state index in [9.17, 15) is 4.79 Å². The number of hydrogen-bond donors (Lipinski definition) is 1. The van der Waals surface area contributed by atoms with E-state index in [0.717, 1.165) is 49.4 Å². The Hall–Kier alpha value is -3.39. The topological polar surface area (TPSA) is 83.7 Å². The summed E-state index contributed by atoms with van der Waals surface area (Å²) < 4.78 is 10.7. The lowest BCUT2D eigenvalue weighted by Gasteiger charge is -2.30. The first-order valence-corrected chi connectivity index (χ1v) is 12.5. The summed E-state index contributed by atoms with van der Waals surface area (Å²) in [5, 5.41) is 7.26. The average molecular weight is 476 g/mol. The number of ether oxygens (including phenoxy) is 1. The minimum absolute atomic E-state index is 0.0309. The number of rotatable bonds is 8. The number of carbonyl (C=O) groups excluding carboxylic acids is 1. The standard InChI is InChI=1S/C27H33N5O3/c1-34-24-12-8-21(9-13-24)26-29-25(35-30-26)19-31-14-4-5-22(18-31)27(33)28-17-20-6-10-23(11-7-20)32-15-2-3-16-32/h6-13,22H,2-5,14-19H2,1H3,(H,28,33). The third kappa shape index (κ3) is 5.82. The number of amides is 1. The van der Waals surface area contributed by atoms with Gasteiger partial charge in [0, 0.05) is 37.4 Å². The molecule has 2 aliphatic heterocycles. The van der Waals surface area contributed by atoms with Crippen molar-refractivity contribution in [3.63, 3.8) is 0 Å². The maximum atomic E-state index is 12.9. The number of methoxy groups -OCH3 is 1. The van der Waals surface area contributed by atoms with Crippen molar-refractivity contribution in [2.24, 2.45) is 5.92 Å². The second-order valence-electron chi connectivity index (χ2n) is 9.39. The summed E-state index contributed by atoms with van der Waals surface area (Å²) in [4.78, 5) is 22.1. The van der Waals surface area contributed by atoms with Gasteiger partial charge in [-0.05, 0) is 74.2 Å². The zero-order valence-electron chi connectivity index (χ0n) is 20.3. The highest BCUT2D eigenvalue weighted by Crippen LogP contribution is 2.23. The van der Waals surface area contributed by atoms with Gasteiger partial charge in [-0.1, -0.05) is 17.3 Å². The molecule has 0 radical (unpaired) electrons. The molecule has 1 amide bonds. The van der Waals surface area contributed by atoms with E-state index in [0.29, 0.717) is 31.3 Å². The maximum absolute atomic E-state index is 12.9. The lowest BCUT2D eigenvalue weighted by Crippen LogP contribution is -2.42. The van der Waals surface area contributed by atoms with Crippen LogP contribution in [0.2, 0.25) is 0 Å². The van der Waals surface area contributed by atoms with Gasteiger partial charge in [-0.3, -0.25) is 9.69 Å². The molecular formula is C27H33N5O3. The quantitative estimate of drug-likeness (QED) is 0.529. The third-order valence-corrected chi connectivity index (χ3v) is 6.93. The van der Waals surface area contributed by atoms with Gasteiger partial charge in [0.25, 0.3) is 0 Å². The summed E-state index contributed by atoms with van der Waals surface area (Å²) in [7, 11) is 1.64. The molecule has 1 N–H and O–H groups in total. The van der Waals surface area contributed by atoms with E-state index in [4.69, 9.17) is 9.26 Å². The predicted octanol–water partition coefficient (Wildman–Crippen LogP) is 3.87. The van der Waals surface area contributed by atoms with E-state index in [1.165, 1.54) is 18.5 Å². The summed E-state index contributed by atoms with van der Waals surface area (Å²) in [6.07, 6.45) is 4.42. The van der Waals surface area contributed by atoms with E-state index in [2.05, 4.69) is 49.5 Å². The molecule has 8 heteroatoms.